The minimum absolute atomic E-state index is 0.0138. The van der Waals surface area contributed by atoms with Gasteiger partial charge in [0.1, 0.15) is 5.57 Å². The Morgan fingerprint density at radius 2 is 1.74 bits per heavy atom. The molecule has 0 atom stereocenters. The number of hydrogen-bond donors (Lipinski definition) is 0. The molecule has 2 heterocycles. The summed E-state index contributed by atoms with van der Waals surface area (Å²) in [6.45, 7) is 4.07. The Labute approximate surface area is 135 Å². The molecule has 6 nitrogen and oxygen atoms in total. The summed E-state index contributed by atoms with van der Waals surface area (Å²) in [5.41, 5.74) is 3.24. The average Bonchev–Trinajstić information content (AvgIpc) is 2.97. The van der Waals surface area contributed by atoms with Crippen LogP contribution in [0.2, 0.25) is 0 Å². The fourth-order valence-corrected chi connectivity index (χ4v) is 3.05. The van der Waals surface area contributed by atoms with Crippen LogP contribution in [-0.2, 0) is 16.0 Å². The number of barbiturate groups is 1. The van der Waals surface area contributed by atoms with Crippen molar-refractivity contribution in [2.24, 2.45) is 0 Å². The Bertz CT molecular complexity index is 713. The van der Waals surface area contributed by atoms with E-state index < -0.39 is 17.8 Å². The van der Waals surface area contributed by atoms with Crippen molar-refractivity contribution in [1.82, 2.24) is 9.80 Å². The highest BCUT2D eigenvalue weighted by atomic mass is 16.2. The number of carbonyl (C=O) groups excluding carboxylic acids is 3. The molecule has 0 aromatic heterocycles. The minimum Gasteiger partial charge on any atom is -0.371 e. The van der Waals surface area contributed by atoms with E-state index in [9.17, 15) is 14.4 Å². The van der Waals surface area contributed by atoms with Gasteiger partial charge in [-0.1, -0.05) is 6.07 Å². The number of amides is 4. The molecular weight excluding hydrogens is 294 g/mol. The molecule has 3 rings (SSSR count). The molecule has 0 saturated carbocycles. The summed E-state index contributed by atoms with van der Waals surface area (Å²) in [5, 5.41) is 0. The van der Waals surface area contributed by atoms with Gasteiger partial charge in [0, 0.05) is 32.9 Å². The number of nitrogens with zero attached hydrogens (tertiary/aromatic N) is 3. The highest BCUT2D eigenvalue weighted by molar-refractivity contribution is 6.30. The minimum atomic E-state index is -0.607. The van der Waals surface area contributed by atoms with Crippen molar-refractivity contribution < 1.29 is 14.4 Å². The Balaban J connectivity index is 1.97. The largest absolute Gasteiger partial charge is 0.371 e. The molecule has 0 N–H and O–H groups in total. The van der Waals surface area contributed by atoms with Crippen molar-refractivity contribution in [2.45, 2.75) is 13.3 Å². The van der Waals surface area contributed by atoms with Crippen molar-refractivity contribution >= 4 is 29.6 Å². The first kappa shape index (κ1) is 15.3. The van der Waals surface area contributed by atoms with E-state index >= 15 is 0 Å². The number of imide groups is 2. The molecule has 23 heavy (non-hydrogen) atoms. The molecule has 4 amide bonds. The topological polar surface area (TPSA) is 60.9 Å². The highest BCUT2D eigenvalue weighted by Crippen LogP contribution is 2.29. The van der Waals surface area contributed by atoms with E-state index in [1.807, 2.05) is 18.2 Å². The van der Waals surface area contributed by atoms with Crippen LogP contribution in [0.5, 0.6) is 0 Å². The van der Waals surface area contributed by atoms with Crippen LogP contribution in [0.3, 0.4) is 0 Å². The molecular formula is C17H19N3O3. The van der Waals surface area contributed by atoms with Gasteiger partial charge in [0.25, 0.3) is 11.8 Å². The summed E-state index contributed by atoms with van der Waals surface area (Å²) in [5.74, 6) is -1.12. The lowest BCUT2D eigenvalue weighted by atomic mass is 10.0. The Morgan fingerprint density at radius 3 is 2.35 bits per heavy atom. The SMILES string of the molecule is CCN1CCc2cc(C=C3C(=O)N(C)C(=O)N(C)C3=O)ccc21. The van der Waals surface area contributed by atoms with Gasteiger partial charge in [0.15, 0.2) is 0 Å². The van der Waals surface area contributed by atoms with Gasteiger partial charge in [-0.15, -0.1) is 0 Å². The van der Waals surface area contributed by atoms with Gasteiger partial charge in [-0.3, -0.25) is 19.4 Å². The summed E-state index contributed by atoms with van der Waals surface area (Å²) in [4.78, 5) is 40.4. The number of likely N-dealkylation sites (N-methyl/N-ethyl adjacent to an activating group) is 3. The maximum atomic E-state index is 12.2. The average molecular weight is 313 g/mol. The van der Waals surface area contributed by atoms with E-state index in [-0.39, 0.29) is 5.57 Å². The molecule has 0 aliphatic carbocycles. The number of carbonyl (C=O) groups is 3. The first-order valence-electron chi connectivity index (χ1n) is 7.63. The number of benzene rings is 1. The van der Waals surface area contributed by atoms with Crippen molar-refractivity contribution in [3.63, 3.8) is 0 Å². The van der Waals surface area contributed by atoms with Crippen molar-refractivity contribution in [2.75, 3.05) is 32.1 Å². The highest BCUT2D eigenvalue weighted by Gasteiger charge is 2.37. The van der Waals surface area contributed by atoms with Gasteiger partial charge in [0.2, 0.25) is 0 Å². The Morgan fingerprint density at radius 1 is 1.09 bits per heavy atom. The fourth-order valence-electron chi connectivity index (χ4n) is 3.05. The van der Waals surface area contributed by atoms with Gasteiger partial charge in [-0.05, 0) is 42.7 Å². The molecule has 1 aromatic rings. The van der Waals surface area contributed by atoms with E-state index in [2.05, 4.69) is 11.8 Å². The maximum Gasteiger partial charge on any atom is 0.333 e. The molecule has 2 aliphatic rings. The van der Waals surface area contributed by atoms with Crippen LogP contribution < -0.4 is 4.90 Å². The molecule has 0 unspecified atom stereocenters. The van der Waals surface area contributed by atoms with Crippen LogP contribution in [0.4, 0.5) is 10.5 Å². The first-order valence-corrected chi connectivity index (χ1v) is 7.63. The smallest absolute Gasteiger partial charge is 0.333 e. The van der Waals surface area contributed by atoms with Crippen LogP contribution >= 0.6 is 0 Å². The fraction of sp³-hybridized carbons (Fsp3) is 0.353. The lowest BCUT2D eigenvalue weighted by Crippen LogP contribution is -2.52. The monoisotopic (exact) mass is 313 g/mol. The lowest BCUT2D eigenvalue weighted by Gasteiger charge is -2.28. The third-order valence-electron chi connectivity index (χ3n) is 4.43. The predicted molar refractivity (Wildman–Crippen MR) is 86.9 cm³/mol. The molecule has 6 heteroatoms. The predicted octanol–water partition coefficient (Wildman–Crippen LogP) is 1.50. The third-order valence-corrected chi connectivity index (χ3v) is 4.43. The molecule has 1 fully saturated rings. The van der Waals surface area contributed by atoms with Crippen LogP contribution in [0.25, 0.3) is 6.08 Å². The van der Waals surface area contributed by atoms with Crippen LogP contribution in [0.15, 0.2) is 23.8 Å². The van der Waals surface area contributed by atoms with E-state index in [4.69, 9.17) is 0 Å². The van der Waals surface area contributed by atoms with Gasteiger partial charge in [0.05, 0.1) is 0 Å². The number of anilines is 1. The summed E-state index contributed by atoms with van der Waals surface area (Å²) < 4.78 is 0. The van der Waals surface area contributed by atoms with Gasteiger partial charge >= 0.3 is 6.03 Å². The maximum absolute atomic E-state index is 12.2. The Kier molecular flexibility index (Phi) is 3.67. The molecule has 120 valence electrons. The molecule has 0 spiro atoms. The standard InChI is InChI=1S/C17H19N3O3/c1-4-20-8-7-12-9-11(5-6-14(12)20)10-13-15(21)18(2)17(23)19(3)16(13)22/h5-6,9-10H,4,7-8H2,1-3H3. The van der Waals surface area contributed by atoms with Gasteiger partial charge < -0.3 is 4.90 Å². The van der Waals surface area contributed by atoms with Crippen LogP contribution in [-0.4, -0.2) is 54.8 Å². The number of hydrogen-bond acceptors (Lipinski definition) is 4. The number of urea groups is 1. The normalized spacial score (nSPS) is 18.0. The van der Waals surface area contributed by atoms with Crippen molar-refractivity contribution in [3.8, 4) is 0 Å². The first-order chi connectivity index (χ1) is 10.9. The summed E-state index contributed by atoms with van der Waals surface area (Å²) >= 11 is 0. The van der Waals surface area contributed by atoms with E-state index in [0.717, 1.165) is 34.9 Å². The number of rotatable bonds is 2. The van der Waals surface area contributed by atoms with Crippen molar-refractivity contribution in [3.05, 3.63) is 34.9 Å². The summed E-state index contributed by atoms with van der Waals surface area (Å²) in [6, 6.07) is 5.32. The quantitative estimate of drug-likeness (QED) is 0.613. The second-order valence-electron chi connectivity index (χ2n) is 5.79. The zero-order valence-corrected chi connectivity index (χ0v) is 13.5. The molecule has 2 aliphatic heterocycles. The molecule has 0 radical (unpaired) electrons. The van der Waals surface area contributed by atoms with E-state index in [0.29, 0.717) is 0 Å². The van der Waals surface area contributed by atoms with Gasteiger partial charge in [-0.25, -0.2) is 4.79 Å². The number of fused-ring (bicyclic) bond motifs is 1. The van der Waals surface area contributed by atoms with E-state index in [1.54, 1.807) is 6.08 Å². The Hall–Kier alpha value is -2.63. The summed E-state index contributed by atoms with van der Waals surface area (Å²) in [6.07, 6.45) is 2.53. The molecule has 0 bridgehead atoms. The van der Waals surface area contributed by atoms with Crippen LogP contribution in [0.1, 0.15) is 18.1 Å². The molecule has 1 aromatic carbocycles. The zero-order chi connectivity index (χ0) is 16.7. The van der Waals surface area contributed by atoms with Gasteiger partial charge in [-0.2, -0.15) is 0 Å². The van der Waals surface area contributed by atoms with Crippen LogP contribution in [0, 0.1) is 0 Å². The lowest BCUT2D eigenvalue weighted by molar-refractivity contribution is -0.134. The molecule has 1 saturated heterocycles. The second kappa shape index (κ2) is 5.53. The van der Waals surface area contributed by atoms with Crippen molar-refractivity contribution in [1.29, 1.82) is 0 Å². The second-order valence-corrected chi connectivity index (χ2v) is 5.79. The third kappa shape index (κ3) is 2.40. The summed E-state index contributed by atoms with van der Waals surface area (Å²) in [7, 11) is 2.76. The van der Waals surface area contributed by atoms with E-state index in [1.165, 1.54) is 25.3 Å². The zero-order valence-electron chi connectivity index (χ0n) is 13.5.